The van der Waals surface area contributed by atoms with Gasteiger partial charge in [-0.2, -0.15) is 4.37 Å². The average Bonchev–Trinajstić information content (AvgIpc) is 2.73. The van der Waals surface area contributed by atoms with Crippen LogP contribution in [-0.4, -0.2) is 10.9 Å². The molecule has 1 aliphatic rings. The van der Waals surface area contributed by atoms with Crippen molar-refractivity contribution in [3.63, 3.8) is 0 Å². The normalized spacial score (nSPS) is 25.6. The van der Waals surface area contributed by atoms with Crippen LogP contribution in [0.25, 0.3) is 0 Å². The van der Waals surface area contributed by atoms with E-state index in [4.69, 9.17) is 5.73 Å². The third kappa shape index (κ3) is 3.11. The minimum atomic E-state index is 0.627. The van der Waals surface area contributed by atoms with E-state index in [2.05, 4.69) is 16.6 Å². The first-order chi connectivity index (χ1) is 7.78. The number of nitrogen functional groups attached to an aromatic ring is 1. The standard InChI is InChI=1S/C12H21N3S/c1-2-9-3-5-10(6-4-9)8-14-12-7-11(13)15-16-12/h7,9-10,14H,2-6,8H2,1H3,(H2,13,15). The molecular formula is C12H21N3S. The summed E-state index contributed by atoms with van der Waals surface area (Å²) < 4.78 is 4.06. The Kier molecular flexibility index (Phi) is 4.04. The van der Waals surface area contributed by atoms with Crippen LogP contribution >= 0.6 is 11.5 Å². The van der Waals surface area contributed by atoms with Gasteiger partial charge in [0, 0.05) is 12.6 Å². The largest absolute Gasteiger partial charge is 0.383 e. The fourth-order valence-corrected chi connectivity index (χ4v) is 3.04. The molecule has 0 atom stereocenters. The van der Waals surface area contributed by atoms with Crippen molar-refractivity contribution < 1.29 is 0 Å². The molecule has 0 bridgehead atoms. The first-order valence-corrected chi connectivity index (χ1v) is 7.01. The van der Waals surface area contributed by atoms with E-state index < -0.39 is 0 Å². The highest BCUT2D eigenvalue weighted by Gasteiger charge is 2.19. The molecule has 2 rings (SSSR count). The molecule has 3 nitrogen and oxygen atoms in total. The SMILES string of the molecule is CCC1CCC(CNc2cc(N)ns2)CC1. The third-order valence-corrected chi connectivity index (χ3v) is 4.40. The molecule has 1 saturated carbocycles. The molecule has 3 N–H and O–H groups in total. The second kappa shape index (κ2) is 5.53. The second-order valence-electron chi connectivity index (χ2n) is 4.79. The van der Waals surface area contributed by atoms with Crippen molar-refractivity contribution >= 4 is 22.4 Å². The molecule has 1 heterocycles. The maximum Gasteiger partial charge on any atom is 0.139 e. The van der Waals surface area contributed by atoms with Crippen LogP contribution in [0.5, 0.6) is 0 Å². The zero-order chi connectivity index (χ0) is 11.4. The van der Waals surface area contributed by atoms with Crippen LogP contribution in [0.3, 0.4) is 0 Å². The van der Waals surface area contributed by atoms with Gasteiger partial charge in [-0.05, 0) is 36.2 Å². The Morgan fingerprint density at radius 1 is 1.38 bits per heavy atom. The van der Waals surface area contributed by atoms with Gasteiger partial charge in [0.15, 0.2) is 0 Å². The summed E-state index contributed by atoms with van der Waals surface area (Å²) in [6.07, 6.45) is 6.92. The highest BCUT2D eigenvalue weighted by atomic mass is 32.1. The van der Waals surface area contributed by atoms with E-state index in [1.165, 1.54) is 43.6 Å². The van der Waals surface area contributed by atoms with Crippen molar-refractivity contribution in [2.75, 3.05) is 17.6 Å². The molecule has 0 unspecified atom stereocenters. The van der Waals surface area contributed by atoms with Crippen LogP contribution in [0.1, 0.15) is 39.0 Å². The van der Waals surface area contributed by atoms with Crippen LogP contribution in [0, 0.1) is 11.8 Å². The highest BCUT2D eigenvalue weighted by molar-refractivity contribution is 7.10. The van der Waals surface area contributed by atoms with Gasteiger partial charge in [-0.1, -0.05) is 26.2 Å². The number of nitrogens with two attached hydrogens (primary N) is 1. The molecule has 0 aliphatic heterocycles. The maximum absolute atomic E-state index is 5.58. The van der Waals surface area contributed by atoms with Gasteiger partial charge < -0.3 is 11.1 Å². The number of anilines is 2. The van der Waals surface area contributed by atoms with Gasteiger partial charge in [-0.3, -0.25) is 0 Å². The number of rotatable bonds is 4. The predicted octanol–water partition coefficient (Wildman–Crippen LogP) is 3.35. The van der Waals surface area contributed by atoms with Crippen LogP contribution in [0.2, 0.25) is 0 Å². The van der Waals surface area contributed by atoms with E-state index >= 15 is 0 Å². The van der Waals surface area contributed by atoms with Crippen LogP contribution in [0.4, 0.5) is 10.8 Å². The summed E-state index contributed by atoms with van der Waals surface area (Å²) in [6, 6.07) is 1.92. The summed E-state index contributed by atoms with van der Waals surface area (Å²) in [7, 11) is 0. The zero-order valence-corrected chi connectivity index (χ0v) is 10.7. The molecule has 1 aromatic rings. The van der Waals surface area contributed by atoms with Gasteiger partial charge in [0.1, 0.15) is 10.8 Å². The lowest BCUT2D eigenvalue weighted by molar-refractivity contribution is 0.278. The van der Waals surface area contributed by atoms with Gasteiger partial charge in [-0.15, -0.1) is 0 Å². The fraction of sp³-hybridized carbons (Fsp3) is 0.750. The Labute approximate surface area is 102 Å². The monoisotopic (exact) mass is 239 g/mol. The minimum absolute atomic E-state index is 0.627. The lowest BCUT2D eigenvalue weighted by atomic mass is 9.81. The molecule has 4 heteroatoms. The molecular weight excluding hydrogens is 218 g/mol. The molecule has 16 heavy (non-hydrogen) atoms. The number of aromatic nitrogens is 1. The molecule has 0 aromatic carbocycles. The maximum atomic E-state index is 5.58. The van der Waals surface area contributed by atoms with Crippen molar-refractivity contribution in [2.24, 2.45) is 11.8 Å². The van der Waals surface area contributed by atoms with E-state index in [-0.39, 0.29) is 0 Å². The second-order valence-corrected chi connectivity index (χ2v) is 5.60. The first-order valence-electron chi connectivity index (χ1n) is 6.24. The number of hydrogen-bond acceptors (Lipinski definition) is 4. The van der Waals surface area contributed by atoms with Crippen molar-refractivity contribution in [1.82, 2.24) is 4.37 Å². The van der Waals surface area contributed by atoms with Crippen LogP contribution in [0.15, 0.2) is 6.07 Å². The third-order valence-electron chi connectivity index (χ3n) is 3.64. The molecule has 0 spiro atoms. The van der Waals surface area contributed by atoms with Crippen LogP contribution < -0.4 is 11.1 Å². The molecule has 1 fully saturated rings. The number of nitrogens with zero attached hydrogens (tertiary/aromatic N) is 1. The summed E-state index contributed by atoms with van der Waals surface area (Å²) in [4.78, 5) is 0. The van der Waals surface area contributed by atoms with Gasteiger partial charge in [-0.25, -0.2) is 0 Å². The van der Waals surface area contributed by atoms with E-state index in [0.717, 1.165) is 23.4 Å². The predicted molar refractivity (Wildman–Crippen MR) is 70.8 cm³/mol. The Morgan fingerprint density at radius 3 is 2.62 bits per heavy atom. The lowest BCUT2D eigenvalue weighted by Crippen LogP contribution is -2.20. The smallest absolute Gasteiger partial charge is 0.139 e. The summed E-state index contributed by atoms with van der Waals surface area (Å²) in [5, 5.41) is 4.55. The van der Waals surface area contributed by atoms with Crippen molar-refractivity contribution in [3.8, 4) is 0 Å². The molecule has 1 aromatic heterocycles. The summed E-state index contributed by atoms with van der Waals surface area (Å²) in [5.41, 5.74) is 5.58. The quantitative estimate of drug-likeness (QED) is 0.847. The van der Waals surface area contributed by atoms with Gasteiger partial charge >= 0.3 is 0 Å². The number of hydrogen-bond donors (Lipinski definition) is 2. The first kappa shape index (κ1) is 11.7. The molecule has 1 aliphatic carbocycles. The lowest BCUT2D eigenvalue weighted by Gasteiger charge is -2.27. The average molecular weight is 239 g/mol. The van der Waals surface area contributed by atoms with Crippen molar-refractivity contribution in [3.05, 3.63) is 6.07 Å². The fourth-order valence-electron chi connectivity index (χ4n) is 2.46. The van der Waals surface area contributed by atoms with E-state index in [9.17, 15) is 0 Å². The zero-order valence-electron chi connectivity index (χ0n) is 9.91. The van der Waals surface area contributed by atoms with Crippen molar-refractivity contribution in [2.45, 2.75) is 39.0 Å². The Hall–Kier alpha value is -0.770. The highest BCUT2D eigenvalue weighted by Crippen LogP contribution is 2.31. The summed E-state index contributed by atoms with van der Waals surface area (Å²) in [5.74, 6) is 2.45. The van der Waals surface area contributed by atoms with E-state index in [1.807, 2.05) is 6.07 Å². The Bertz CT molecular complexity index is 316. The van der Waals surface area contributed by atoms with Crippen LogP contribution in [-0.2, 0) is 0 Å². The van der Waals surface area contributed by atoms with Gasteiger partial charge in [0.25, 0.3) is 0 Å². The Balaban J connectivity index is 1.71. The van der Waals surface area contributed by atoms with E-state index in [0.29, 0.717) is 5.82 Å². The summed E-state index contributed by atoms with van der Waals surface area (Å²) >= 11 is 1.46. The van der Waals surface area contributed by atoms with E-state index in [1.54, 1.807) is 0 Å². The summed E-state index contributed by atoms with van der Waals surface area (Å²) in [6.45, 7) is 3.39. The molecule has 0 radical (unpaired) electrons. The van der Waals surface area contributed by atoms with Gasteiger partial charge in [0.2, 0.25) is 0 Å². The molecule has 0 amide bonds. The molecule has 90 valence electrons. The molecule has 0 saturated heterocycles. The number of nitrogens with one attached hydrogen (secondary N) is 1. The minimum Gasteiger partial charge on any atom is -0.383 e. The van der Waals surface area contributed by atoms with Gasteiger partial charge in [0.05, 0.1) is 0 Å². The Morgan fingerprint density at radius 2 is 2.06 bits per heavy atom. The van der Waals surface area contributed by atoms with Crippen molar-refractivity contribution in [1.29, 1.82) is 0 Å². The topological polar surface area (TPSA) is 50.9 Å².